The van der Waals surface area contributed by atoms with Gasteiger partial charge >= 0.3 is 0 Å². The maximum absolute atomic E-state index is 6.09. The molecule has 0 aliphatic carbocycles. The van der Waals surface area contributed by atoms with E-state index in [1.54, 1.807) is 6.20 Å². The lowest BCUT2D eigenvalue weighted by Crippen LogP contribution is -2.20. The summed E-state index contributed by atoms with van der Waals surface area (Å²) < 4.78 is 18.2. The maximum Gasteiger partial charge on any atom is 0.226 e. The van der Waals surface area contributed by atoms with Crippen LogP contribution in [0.15, 0.2) is 80.1 Å². The minimum atomic E-state index is 0.00329. The van der Waals surface area contributed by atoms with E-state index in [1.807, 2.05) is 18.2 Å². The van der Waals surface area contributed by atoms with Gasteiger partial charge in [0.15, 0.2) is 0 Å². The highest BCUT2D eigenvalue weighted by Crippen LogP contribution is 2.43. The highest BCUT2D eigenvalue weighted by atomic mass is 16.3. The van der Waals surface area contributed by atoms with E-state index in [1.165, 1.54) is 27.5 Å². The highest BCUT2D eigenvalue weighted by Gasteiger charge is 2.33. The van der Waals surface area contributed by atoms with Crippen LogP contribution in [0.2, 0.25) is 0 Å². The number of furan rings is 3. The van der Waals surface area contributed by atoms with Crippen LogP contribution in [-0.4, -0.2) is 4.98 Å². The first-order valence-electron chi connectivity index (χ1n) is 18.6. The molecular formula is C47H65NO3. The van der Waals surface area contributed by atoms with E-state index >= 15 is 0 Å². The Morgan fingerprint density at radius 1 is 0.353 bits per heavy atom. The van der Waals surface area contributed by atoms with Gasteiger partial charge in [-0.2, -0.15) is 0 Å². The number of hydrogen-bond acceptors (Lipinski definition) is 4. The minimum Gasteiger partial charge on any atom is -0.460 e. The van der Waals surface area contributed by atoms with Gasteiger partial charge in [0.25, 0.3) is 0 Å². The van der Waals surface area contributed by atoms with Crippen molar-refractivity contribution in [2.24, 2.45) is 0 Å². The standard InChI is InChI=1S/2C16H22O.C15H21NO/c2*1-15(2,3)13-11-9-7-8-10-12(11)17-14(13)16(4,5)6;1-14(2,3)11-10-8-7-9-16-13(10)17-12(11)15(4,5)6/h2*7-10H,1-6H3;7-9H,1-6H3. The van der Waals surface area contributed by atoms with Crippen molar-refractivity contribution in [3.8, 4) is 0 Å². The summed E-state index contributed by atoms with van der Waals surface area (Å²) in [5, 5.41) is 3.65. The molecule has 0 saturated heterocycles. The first-order valence-corrected chi connectivity index (χ1v) is 18.6. The zero-order valence-electron chi connectivity index (χ0n) is 35.0. The van der Waals surface area contributed by atoms with Crippen LogP contribution < -0.4 is 0 Å². The number of para-hydroxylation sites is 2. The second-order valence-corrected chi connectivity index (χ2v) is 20.3. The Morgan fingerprint density at radius 2 is 0.667 bits per heavy atom. The number of aromatic nitrogens is 1. The topological polar surface area (TPSA) is 52.3 Å². The molecule has 276 valence electrons. The fourth-order valence-corrected chi connectivity index (χ4v) is 6.84. The molecule has 6 rings (SSSR count). The summed E-state index contributed by atoms with van der Waals surface area (Å²) in [5.74, 6) is 3.29. The predicted octanol–water partition coefficient (Wildman–Crippen LogP) is 14.5. The van der Waals surface area contributed by atoms with Crippen molar-refractivity contribution in [2.75, 3.05) is 0 Å². The van der Waals surface area contributed by atoms with Crippen LogP contribution >= 0.6 is 0 Å². The van der Waals surface area contributed by atoms with E-state index < -0.39 is 0 Å². The molecule has 0 N–H and O–H groups in total. The second kappa shape index (κ2) is 13.6. The highest BCUT2D eigenvalue weighted by molar-refractivity contribution is 5.85. The van der Waals surface area contributed by atoms with Crippen LogP contribution in [-0.2, 0) is 32.5 Å². The molecule has 4 nitrogen and oxygen atoms in total. The molecule has 0 aliphatic heterocycles. The molecule has 0 unspecified atom stereocenters. The predicted molar refractivity (Wildman–Crippen MR) is 219 cm³/mol. The quantitative estimate of drug-likeness (QED) is 0.159. The molecule has 4 heteroatoms. The van der Waals surface area contributed by atoms with Gasteiger partial charge in [0.2, 0.25) is 5.71 Å². The second-order valence-electron chi connectivity index (χ2n) is 20.3. The van der Waals surface area contributed by atoms with Gasteiger partial charge < -0.3 is 13.3 Å². The summed E-state index contributed by atoms with van der Waals surface area (Å²) in [5.41, 5.74) is 7.11. The zero-order valence-corrected chi connectivity index (χ0v) is 35.0. The van der Waals surface area contributed by atoms with Gasteiger partial charge in [-0.15, -0.1) is 0 Å². The molecule has 6 aromatic rings. The van der Waals surface area contributed by atoms with Crippen molar-refractivity contribution < 1.29 is 13.3 Å². The van der Waals surface area contributed by atoms with Crippen molar-refractivity contribution in [2.45, 2.75) is 157 Å². The molecule has 0 amide bonds. The van der Waals surface area contributed by atoms with Crippen molar-refractivity contribution in [3.05, 3.63) is 101 Å². The molecule has 0 spiro atoms. The molecule has 51 heavy (non-hydrogen) atoms. The number of nitrogens with zero attached hydrogens (tertiary/aromatic N) is 1. The van der Waals surface area contributed by atoms with Crippen molar-refractivity contribution >= 4 is 33.0 Å². The zero-order chi connectivity index (χ0) is 38.5. The van der Waals surface area contributed by atoms with Crippen LogP contribution in [0, 0.1) is 0 Å². The van der Waals surface area contributed by atoms with Crippen LogP contribution in [0.5, 0.6) is 0 Å². The number of rotatable bonds is 0. The first-order chi connectivity index (χ1) is 23.1. The summed E-state index contributed by atoms with van der Waals surface area (Å²) >= 11 is 0. The summed E-state index contributed by atoms with van der Waals surface area (Å²) in [6.07, 6.45) is 1.78. The SMILES string of the molecule is CC(C)(C)c1oc2ccccc2c1C(C)(C)C.CC(C)(C)c1oc2ccccc2c1C(C)(C)C.CC(C)(C)c1oc2ncccc2c1C(C)(C)C. The number of fused-ring (bicyclic) bond motifs is 3. The first kappa shape index (κ1) is 40.0. The summed E-state index contributed by atoms with van der Waals surface area (Å²) in [7, 11) is 0. The lowest BCUT2D eigenvalue weighted by Gasteiger charge is -2.25. The van der Waals surface area contributed by atoms with E-state index in [0.29, 0.717) is 0 Å². The monoisotopic (exact) mass is 691 g/mol. The Labute approximate surface area is 308 Å². The molecule has 0 bridgehead atoms. The number of hydrogen-bond donors (Lipinski definition) is 0. The molecule has 4 aromatic heterocycles. The molecule has 0 atom stereocenters. The minimum absolute atomic E-state index is 0.00329. The van der Waals surface area contributed by atoms with E-state index in [-0.39, 0.29) is 32.5 Å². The van der Waals surface area contributed by atoms with Crippen molar-refractivity contribution in [3.63, 3.8) is 0 Å². The Kier molecular flexibility index (Phi) is 10.7. The van der Waals surface area contributed by atoms with E-state index in [0.717, 1.165) is 39.5 Å². The Hall–Kier alpha value is -3.79. The van der Waals surface area contributed by atoms with E-state index in [2.05, 4.69) is 172 Å². The van der Waals surface area contributed by atoms with Gasteiger partial charge in [-0.05, 0) is 40.5 Å². The van der Waals surface area contributed by atoms with Gasteiger partial charge in [0, 0.05) is 55.3 Å². The molecule has 0 radical (unpaired) electrons. The fourth-order valence-electron chi connectivity index (χ4n) is 6.84. The largest absolute Gasteiger partial charge is 0.460 e. The van der Waals surface area contributed by atoms with Crippen LogP contribution in [0.1, 0.15) is 159 Å². The van der Waals surface area contributed by atoms with Gasteiger partial charge in [0.05, 0.1) is 0 Å². The molecule has 0 aliphatic rings. The summed E-state index contributed by atoms with van der Waals surface area (Å²) in [4.78, 5) is 4.32. The smallest absolute Gasteiger partial charge is 0.226 e. The van der Waals surface area contributed by atoms with Crippen molar-refractivity contribution in [1.29, 1.82) is 0 Å². The van der Waals surface area contributed by atoms with E-state index in [4.69, 9.17) is 13.3 Å². The van der Waals surface area contributed by atoms with Crippen LogP contribution in [0.4, 0.5) is 0 Å². The Balaban J connectivity index is 0.000000172. The lowest BCUT2D eigenvalue weighted by molar-refractivity contribution is 0.406. The molecule has 4 heterocycles. The van der Waals surface area contributed by atoms with Crippen LogP contribution in [0.3, 0.4) is 0 Å². The van der Waals surface area contributed by atoms with Gasteiger partial charge in [-0.3, -0.25) is 0 Å². The normalized spacial score (nSPS) is 13.3. The van der Waals surface area contributed by atoms with E-state index in [9.17, 15) is 0 Å². The summed E-state index contributed by atoms with van der Waals surface area (Å²) in [6, 6.07) is 20.7. The average Bonchev–Trinajstić information content (AvgIpc) is 3.68. The maximum atomic E-state index is 6.09. The number of pyridine rings is 1. The molecule has 2 aromatic carbocycles. The molecule has 0 fully saturated rings. The fraction of sp³-hybridized carbons (Fsp3) is 0.511. The third-order valence-corrected chi connectivity index (χ3v) is 8.95. The Morgan fingerprint density at radius 3 is 1.02 bits per heavy atom. The molecular weight excluding hydrogens is 627 g/mol. The van der Waals surface area contributed by atoms with Crippen LogP contribution in [0.25, 0.3) is 33.0 Å². The average molecular weight is 692 g/mol. The third kappa shape index (κ3) is 8.82. The van der Waals surface area contributed by atoms with Gasteiger partial charge in [-0.25, -0.2) is 4.98 Å². The van der Waals surface area contributed by atoms with Gasteiger partial charge in [0.1, 0.15) is 28.4 Å². The number of benzene rings is 2. The molecule has 0 saturated carbocycles. The third-order valence-electron chi connectivity index (χ3n) is 8.95. The lowest BCUT2D eigenvalue weighted by atomic mass is 9.79. The summed E-state index contributed by atoms with van der Waals surface area (Å²) in [6.45, 7) is 40.0. The van der Waals surface area contributed by atoms with Crippen molar-refractivity contribution in [1.82, 2.24) is 4.98 Å². The van der Waals surface area contributed by atoms with Gasteiger partial charge in [-0.1, -0.05) is 161 Å². The Bertz CT molecular complexity index is 1850.